The van der Waals surface area contributed by atoms with Gasteiger partial charge in [-0.3, -0.25) is 14.5 Å². The first-order valence-corrected chi connectivity index (χ1v) is 16.1. The smallest absolute Gasteiger partial charge is 0.389 e. The van der Waals surface area contributed by atoms with Crippen LogP contribution in [0.2, 0.25) is 0 Å². The van der Waals surface area contributed by atoms with Crippen molar-refractivity contribution in [2.75, 3.05) is 45.5 Å². The van der Waals surface area contributed by atoms with E-state index < -0.39 is 36.9 Å². The SMILES string of the molecule is C[C@@H]1CCCCO[C@@H](CN(C)Cc2ccc3c(c2)OCO3)[C@H](C)CN([C@H](C)CO)C(=O)c2cc(NC(=O)CCC(F)(F)F)ccc2O1. The minimum atomic E-state index is -4.46. The van der Waals surface area contributed by atoms with Crippen molar-refractivity contribution in [1.29, 1.82) is 0 Å². The van der Waals surface area contributed by atoms with Crippen LogP contribution in [0.15, 0.2) is 36.4 Å². The Morgan fingerprint density at radius 1 is 1.11 bits per heavy atom. The number of hydrogen-bond donors (Lipinski definition) is 2. The summed E-state index contributed by atoms with van der Waals surface area (Å²) in [6.45, 7) is 7.56. The zero-order chi connectivity index (χ0) is 34.1. The molecule has 0 bridgehead atoms. The van der Waals surface area contributed by atoms with Crippen LogP contribution in [0.25, 0.3) is 0 Å². The van der Waals surface area contributed by atoms with Gasteiger partial charge in [-0.25, -0.2) is 0 Å². The highest BCUT2D eigenvalue weighted by Crippen LogP contribution is 2.33. The summed E-state index contributed by atoms with van der Waals surface area (Å²) in [5, 5.41) is 12.6. The summed E-state index contributed by atoms with van der Waals surface area (Å²) >= 11 is 0. The van der Waals surface area contributed by atoms with E-state index in [-0.39, 0.29) is 49.3 Å². The molecular weight excluding hydrogens is 619 g/mol. The zero-order valence-corrected chi connectivity index (χ0v) is 27.5. The fraction of sp³-hybridized carbons (Fsp3) is 0.588. The molecule has 2 heterocycles. The molecule has 10 nitrogen and oxygen atoms in total. The number of rotatable bonds is 9. The van der Waals surface area contributed by atoms with Crippen LogP contribution < -0.4 is 19.5 Å². The molecule has 4 atom stereocenters. The fourth-order valence-corrected chi connectivity index (χ4v) is 5.66. The lowest BCUT2D eigenvalue weighted by Gasteiger charge is -2.36. The lowest BCUT2D eigenvalue weighted by Crippen LogP contribution is -2.47. The van der Waals surface area contributed by atoms with E-state index >= 15 is 0 Å². The van der Waals surface area contributed by atoms with Crippen molar-refractivity contribution in [3.63, 3.8) is 0 Å². The average Bonchev–Trinajstić information content (AvgIpc) is 3.49. The molecule has 2 aromatic rings. The maximum Gasteiger partial charge on any atom is 0.389 e. The quantitative estimate of drug-likeness (QED) is 0.355. The summed E-state index contributed by atoms with van der Waals surface area (Å²) in [6, 6.07) is 9.78. The lowest BCUT2D eigenvalue weighted by atomic mass is 10.0. The van der Waals surface area contributed by atoms with Crippen molar-refractivity contribution in [2.45, 2.75) is 83.8 Å². The van der Waals surface area contributed by atoms with Gasteiger partial charge < -0.3 is 34.3 Å². The van der Waals surface area contributed by atoms with Crippen LogP contribution in [-0.2, 0) is 16.1 Å². The Balaban J connectivity index is 1.56. The molecule has 2 amide bonds. The number of aliphatic hydroxyl groups excluding tert-OH is 1. The van der Waals surface area contributed by atoms with Gasteiger partial charge in [0.25, 0.3) is 5.91 Å². The number of likely N-dealkylation sites (N-methyl/N-ethyl adjacent to an activating group) is 1. The Bertz CT molecular complexity index is 1360. The maximum atomic E-state index is 14.2. The number of carbonyl (C=O) groups excluding carboxylic acids is 2. The Morgan fingerprint density at radius 3 is 2.60 bits per heavy atom. The van der Waals surface area contributed by atoms with Gasteiger partial charge in [0.15, 0.2) is 11.5 Å². The lowest BCUT2D eigenvalue weighted by molar-refractivity contribution is -0.142. The Kier molecular flexibility index (Phi) is 12.8. The van der Waals surface area contributed by atoms with Gasteiger partial charge >= 0.3 is 6.18 Å². The molecule has 2 N–H and O–H groups in total. The molecule has 0 aromatic heterocycles. The van der Waals surface area contributed by atoms with Crippen molar-refractivity contribution in [3.05, 3.63) is 47.5 Å². The molecule has 2 aliphatic rings. The van der Waals surface area contributed by atoms with Gasteiger partial charge in [0, 0.05) is 44.3 Å². The van der Waals surface area contributed by atoms with Crippen molar-refractivity contribution < 1.29 is 46.8 Å². The molecule has 0 radical (unpaired) electrons. The summed E-state index contributed by atoms with van der Waals surface area (Å²) in [6.07, 6.45) is -4.60. The Morgan fingerprint density at radius 2 is 1.85 bits per heavy atom. The second kappa shape index (κ2) is 16.5. The highest BCUT2D eigenvalue weighted by Gasteiger charge is 2.31. The number of halogens is 3. The number of amides is 2. The van der Waals surface area contributed by atoms with Crippen LogP contribution in [-0.4, -0.2) is 91.3 Å². The summed E-state index contributed by atoms with van der Waals surface area (Å²) in [7, 11) is 2.01. The molecule has 47 heavy (non-hydrogen) atoms. The van der Waals surface area contributed by atoms with E-state index in [9.17, 15) is 27.9 Å². The van der Waals surface area contributed by atoms with Crippen molar-refractivity contribution in [2.24, 2.45) is 5.92 Å². The first-order valence-electron chi connectivity index (χ1n) is 16.1. The molecule has 0 fully saturated rings. The first kappa shape index (κ1) is 36.3. The average molecular weight is 666 g/mol. The van der Waals surface area contributed by atoms with Crippen LogP contribution >= 0.6 is 0 Å². The molecule has 2 aromatic carbocycles. The van der Waals surface area contributed by atoms with Gasteiger partial charge in [0.05, 0.1) is 36.8 Å². The first-order chi connectivity index (χ1) is 22.3. The van der Waals surface area contributed by atoms with E-state index in [1.807, 2.05) is 39.1 Å². The number of nitrogens with zero attached hydrogens (tertiary/aromatic N) is 2. The number of fused-ring (bicyclic) bond motifs is 2. The van der Waals surface area contributed by atoms with E-state index in [1.165, 1.54) is 12.1 Å². The van der Waals surface area contributed by atoms with Crippen LogP contribution in [0.1, 0.15) is 68.8 Å². The Hall–Kier alpha value is -3.55. The Labute approximate surface area is 274 Å². The largest absolute Gasteiger partial charge is 0.490 e. The van der Waals surface area contributed by atoms with Gasteiger partial charge in [-0.2, -0.15) is 13.2 Å². The predicted molar refractivity (Wildman–Crippen MR) is 170 cm³/mol. The normalized spacial score (nSPS) is 21.5. The van der Waals surface area contributed by atoms with Crippen molar-refractivity contribution in [3.8, 4) is 17.2 Å². The maximum absolute atomic E-state index is 14.2. The fourth-order valence-electron chi connectivity index (χ4n) is 5.66. The number of carbonyl (C=O) groups is 2. The monoisotopic (exact) mass is 665 g/mol. The summed E-state index contributed by atoms with van der Waals surface area (Å²) < 4.78 is 61.6. The van der Waals surface area contributed by atoms with Gasteiger partial charge in [0.1, 0.15) is 5.75 Å². The van der Waals surface area contributed by atoms with Crippen LogP contribution in [0, 0.1) is 5.92 Å². The topological polar surface area (TPSA) is 110 Å². The molecule has 2 aliphatic heterocycles. The predicted octanol–water partition coefficient (Wildman–Crippen LogP) is 5.62. The number of alkyl halides is 3. The summed E-state index contributed by atoms with van der Waals surface area (Å²) in [4.78, 5) is 30.2. The molecule has 0 unspecified atom stereocenters. The van der Waals surface area contributed by atoms with E-state index in [4.69, 9.17) is 18.9 Å². The van der Waals surface area contributed by atoms with Crippen LogP contribution in [0.5, 0.6) is 17.2 Å². The highest BCUT2D eigenvalue weighted by atomic mass is 19.4. The minimum Gasteiger partial charge on any atom is -0.490 e. The van der Waals surface area contributed by atoms with Crippen molar-refractivity contribution in [1.82, 2.24) is 9.80 Å². The van der Waals surface area contributed by atoms with Gasteiger partial charge in [-0.15, -0.1) is 0 Å². The van der Waals surface area contributed by atoms with E-state index in [0.29, 0.717) is 37.6 Å². The molecule has 0 saturated heterocycles. The standard InChI is InChI=1S/C34H46F3N3O7/c1-22-17-40(23(2)20-41)33(43)27-16-26(38-32(42)12-13-34(35,36)37)9-11-28(27)47-24(3)7-5-6-14-44-31(22)19-39(4)18-25-8-10-29-30(15-25)46-21-45-29/h8-11,15-16,22-24,31,41H,5-7,12-14,17-21H2,1-4H3,(H,38,42)/t22-,23-,24-,31+/m1/s1. The molecule has 0 spiro atoms. The molecule has 4 rings (SSSR count). The summed E-state index contributed by atoms with van der Waals surface area (Å²) in [5.74, 6) is 0.337. The second-order valence-corrected chi connectivity index (χ2v) is 12.6. The minimum absolute atomic E-state index is 0.146. The van der Waals surface area contributed by atoms with Crippen LogP contribution in [0.3, 0.4) is 0 Å². The number of nitrogens with one attached hydrogen (secondary N) is 1. The third-order valence-corrected chi connectivity index (χ3v) is 8.35. The summed E-state index contributed by atoms with van der Waals surface area (Å²) in [5.41, 5.74) is 1.38. The van der Waals surface area contributed by atoms with E-state index in [2.05, 4.69) is 10.2 Å². The molecule has 13 heteroatoms. The number of benzene rings is 2. The van der Waals surface area contributed by atoms with Crippen molar-refractivity contribution >= 4 is 17.5 Å². The van der Waals surface area contributed by atoms with E-state index in [0.717, 1.165) is 24.2 Å². The number of anilines is 1. The molecule has 0 saturated carbocycles. The molecular formula is C34H46F3N3O7. The third-order valence-electron chi connectivity index (χ3n) is 8.35. The highest BCUT2D eigenvalue weighted by molar-refractivity contribution is 5.99. The number of hydrogen-bond acceptors (Lipinski definition) is 8. The second-order valence-electron chi connectivity index (χ2n) is 12.6. The van der Waals surface area contributed by atoms with Gasteiger partial charge in [-0.05, 0) is 76.1 Å². The number of aliphatic hydroxyl groups is 1. The number of ether oxygens (including phenoxy) is 4. The third kappa shape index (κ3) is 10.7. The van der Waals surface area contributed by atoms with Gasteiger partial charge in [-0.1, -0.05) is 13.0 Å². The molecule has 260 valence electrons. The zero-order valence-electron chi connectivity index (χ0n) is 27.5. The molecule has 0 aliphatic carbocycles. The van der Waals surface area contributed by atoms with E-state index in [1.54, 1.807) is 17.9 Å². The van der Waals surface area contributed by atoms with Gasteiger partial charge in [0.2, 0.25) is 12.7 Å². The van der Waals surface area contributed by atoms with Crippen LogP contribution in [0.4, 0.5) is 18.9 Å².